The van der Waals surface area contributed by atoms with Crippen LogP contribution in [0.2, 0.25) is 20.1 Å². The van der Waals surface area contributed by atoms with E-state index in [9.17, 15) is 9.59 Å². The molecule has 0 atom stereocenters. The van der Waals surface area contributed by atoms with Crippen LogP contribution < -0.4 is 4.74 Å². The fourth-order valence-corrected chi connectivity index (χ4v) is 2.45. The number of carboxylic acid groups (broad SMARTS) is 2. The number of ether oxygens (including phenoxy) is 1. The second kappa shape index (κ2) is 8.99. The molecule has 0 spiro atoms. The highest BCUT2D eigenvalue weighted by atomic mass is 35.5. The summed E-state index contributed by atoms with van der Waals surface area (Å²) in [7, 11) is 1.34. The molecule has 0 radical (unpaired) electrons. The van der Waals surface area contributed by atoms with E-state index in [0.29, 0.717) is 0 Å². The van der Waals surface area contributed by atoms with Gasteiger partial charge >= 0.3 is 11.9 Å². The van der Waals surface area contributed by atoms with Gasteiger partial charge in [0.2, 0.25) is 0 Å². The first-order valence-electron chi connectivity index (χ1n) is 6.13. The van der Waals surface area contributed by atoms with E-state index in [1.54, 1.807) is 0 Å². The summed E-state index contributed by atoms with van der Waals surface area (Å²) in [5.74, 6) is -2.15. The molecular formula is C15H10Cl4O5. The summed E-state index contributed by atoms with van der Waals surface area (Å²) in [6, 6.07) is 7.37. The first kappa shape index (κ1) is 20.4. The molecule has 2 aromatic rings. The van der Waals surface area contributed by atoms with E-state index in [1.807, 2.05) is 0 Å². The second-order valence-corrected chi connectivity index (χ2v) is 5.75. The predicted octanol–water partition coefficient (Wildman–Crippen LogP) is 5.39. The maximum Gasteiger partial charge on any atom is 0.341 e. The van der Waals surface area contributed by atoms with Crippen LogP contribution in [0.5, 0.6) is 5.75 Å². The van der Waals surface area contributed by atoms with Crippen molar-refractivity contribution in [3.63, 3.8) is 0 Å². The summed E-state index contributed by atoms with van der Waals surface area (Å²) in [5, 5.41) is 18.0. The van der Waals surface area contributed by atoms with Crippen molar-refractivity contribution in [3.8, 4) is 5.75 Å². The molecule has 0 aliphatic rings. The van der Waals surface area contributed by atoms with Gasteiger partial charge in [-0.05, 0) is 24.3 Å². The van der Waals surface area contributed by atoms with Gasteiger partial charge < -0.3 is 14.9 Å². The van der Waals surface area contributed by atoms with Crippen molar-refractivity contribution in [2.75, 3.05) is 7.11 Å². The van der Waals surface area contributed by atoms with Gasteiger partial charge in [0.25, 0.3) is 0 Å². The Morgan fingerprint density at radius 3 is 1.88 bits per heavy atom. The molecule has 0 aromatic heterocycles. The van der Waals surface area contributed by atoms with Gasteiger partial charge in [-0.15, -0.1) is 0 Å². The van der Waals surface area contributed by atoms with Gasteiger partial charge in [-0.25, -0.2) is 9.59 Å². The molecule has 0 heterocycles. The lowest BCUT2D eigenvalue weighted by molar-refractivity contribution is 0.0684. The number of carbonyl (C=O) groups is 2. The molecule has 0 saturated carbocycles. The SMILES string of the molecule is COc1c(Cl)ccc(Cl)c1C(=O)O.O=C(O)c1cccc(Cl)c1Cl. The zero-order valence-corrected chi connectivity index (χ0v) is 15.0. The smallest absolute Gasteiger partial charge is 0.341 e. The molecular weight excluding hydrogens is 402 g/mol. The minimum atomic E-state index is -1.16. The molecule has 0 fully saturated rings. The molecule has 0 unspecified atom stereocenters. The van der Waals surface area contributed by atoms with Crippen molar-refractivity contribution < 1.29 is 24.5 Å². The minimum Gasteiger partial charge on any atom is -0.494 e. The molecule has 0 aliphatic heterocycles. The highest BCUT2D eigenvalue weighted by Gasteiger charge is 2.18. The fourth-order valence-electron chi connectivity index (χ4n) is 1.60. The maximum absolute atomic E-state index is 10.7. The summed E-state index contributed by atoms with van der Waals surface area (Å²) >= 11 is 22.5. The van der Waals surface area contributed by atoms with Gasteiger partial charge in [0, 0.05) is 0 Å². The van der Waals surface area contributed by atoms with Crippen molar-refractivity contribution >= 4 is 58.3 Å². The van der Waals surface area contributed by atoms with Gasteiger partial charge in [0.15, 0.2) is 5.75 Å². The van der Waals surface area contributed by atoms with Crippen LogP contribution in [-0.2, 0) is 0 Å². The van der Waals surface area contributed by atoms with Crippen LogP contribution >= 0.6 is 46.4 Å². The standard InChI is InChI=1S/C8H6Cl2O3.C7H4Cl2O2/c1-13-7-5(10)3-2-4(9)6(7)8(11)12;8-5-3-1-2-4(6(5)9)7(10)11/h2-3H,1H3,(H,11,12);1-3H,(H,10,11). The zero-order valence-electron chi connectivity index (χ0n) is 12.0. The number of halogens is 4. The topological polar surface area (TPSA) is 83.8 Å². The molecule has 0 amide bonds. The summed E-state index contributed by atoms with van der Waals surface area (Å²) in [6.45, 7) is 0. The van der Waals surface area contributed by atoms with Crippen LogP contribution in [0.3, 0.4) is 0 Å². The highest BCUT2D eigenvalue weighted by molar-refractivity contribution is 6.43. The molecule has 5 nitrogen and oxygen atoms in total. The summed E-state index contributed by atoms with van der Waals surface area (Å²) in [5.41, 5.74) is -0.0872. The van der Waals surface area contributed by atoms with Gasteiger partial charge in [0.1, 0.15) is 5.56 Å². The van der Waals surface area contributed by atoms with Gasteiger partial charge in [-0.3, -0.25) is 0 Å². The normalized spacial score (nSPS) is 9.71. The van der Waals surface area contributed by atoms with E-state index < -0.39 is 11.9 Å². The Balaban J connectivity index is 0.000000243. The number of carboxylic acids is 2. The second-order valence-electron chi connectivity index (χ2n) is 4.15. The van der Waals surface area contributed by atoms with E-state index >= 15 is 0 Å². The molecule has 0 saturated heterocycles. The number of hydrogen-bond donors (Lipinski definition) is 2. The molecule has 9 heteroatoms. The molecule has 24 heavy (non-hydrogen) atoms. The number of aromatic carboxylic acids is 2. The predicted molar refractivity (Wildman–Crippen MR) is 93.4 cm³/mol. The number of rotatable bonds is 3. The quantitative estimate of drug-likeness (QED) is 0.706. The zero-order chi connectivity index (χ0) is 18.4. The third-order valence-corrected chi connectivity index (χ3v) is 4.09. The van der Waals surface area contributed by atoms with Crippen LogP contribution in [-0.4, -0.2) is 29.3 Å². The van der Waals surface area contributed by atoms with Crippen LogP contribution in [0, 0.1) is 0 Å². The summed E-state index contributed by atoms with van der Waals surface area (Å²) in [4.78, 5) is 21.2. The van der Waals surface area contributed by atoms with E-state index in [-0.39, 0.29) is 37.0 Å². The number of hydrogen-bond acceptors (Lipinski definition) is 3. The highest BCUT2D eigenvalue weighted by Crippen LogP contribution is 2.33. The van der Waals surface area contributed by atoms with Crippen molar-refractivity contribution in [2.45, 2.75) is 0 Å². The van der Waals surface area contributed by atoms with Crippen molar-refractivity contribution in [3.05, 3.63) is 61.5 Å². The molecule has 2 N–H and O–H groups in total. The van der Waals surface area contributed by atoms with Crippen LogP contribution in [0.25, 0.3) is 0 Å². The first-order chi connectivity index (χ1) is 11.2. The Hall–Kier alpha value is -1.66. The number of benzene rings is 2. The Kier molecular flexibility index (Phi) is 7.63. The lowest BCUT2D eigenvalue weighted by Gasteiger charge is -2.07. The first-order valence-corrected chi connectivity index (χ1v) is 7.64. The maximum atomic E-state index is 10.7. The van der Waals surface area contributed by atoms with E-state index in [0.717, 1.165) is 0 Å². The van der Waals surface area contributed by atoms with Gasteiger partial charge in [-0.2, -0.15) is 0 Å². The number of methoxy groups -OCH3 is 1. The Morgan fingerprint density at radius 2 is 1.46 bits per heavy atom. The molecule has 2 rings (SSSR count). The molecule has 2 aromatic carbocycles. The molecule has 0 bridgehead atoms. The third-order valence-electron chi connectivity index (χ3n) is 2.66. The van der Waals surface area contributed by atoms with E-state index in [1.165, 1.54) is 37.4 Å². The van der Waals surface area contributed by atoms with Crippen molar-refractivity contribution in [1.82, 2.24) is 0 Å². The van der Waals surface area contributed by atoms with Crippen LogP contribution in [0.15, 0.2) is 30.3 Å². The molecule has 128 valence electrons. The Bertz CT molecular complexity index is 777. The fraction of sp³-hybridized carbons (Fsp3) is 0.0667. The lowest BCUT2D eigenvalue weighted by atomic mass is 10.2. The van der Waals surface area contributed by atoms with Gasteiger partial charge in [0.05, 0.1) is 32.8 Å². The minimum absolute atomic E-state index is 0.0270. The monoisotopic (exact) mass is 410 g/mol. The largest absolute Gasteiger partial charge is 0.494 e. The van der Waals surface area contributed by atoms with Gasteiger partial charge in [-0.1, -0.05) is 52.5 Å². The Morgan fingerprint density at radius 1 is 0.875 bits per heavy atom. The summed E-state index contributed by atoms with van der Waals surface area (Å²) < 4.78 is 4.82. The third kappa shape index (κ3) is 4.92. The Labute approximate surface area is 157 Å². The van der Waals surface area contributed by atoms with Crippen molar-refractivity contribution in [2.24, 2.45) is 0 Å². The van der Waals surface area contributed by atoms with Crippen LogP contribution in [0.1, 0.15) is 20.7 Å². The van der Waals surface area contributed by atoms with Crippen molar-refractivity contribution in [1.29, 1.82) is 0 Å². The van der Waals surface area contributed by atoms with E-state index in [4.69, 9.17) is 61.4 Å². The summed E-state index contributed by atoms with van der Waals surface area (Å²) in [6.07, 6.45) is 0. The van der Waals surface area contributed by atoms with Crippen LogP contribution in [0.4, 0.5) is 0 Å². The molecule has 0 aliphatic carbocycles. The van der Waals surface area contributed by atoms with E-state index in [2.05, 4.69) is 0 Å². The lowest BCUT2D eigenvalue weighted by Crippen LogP contribution is -2.01. The average Bonchev–Trinajstić information content (AvgIpc) is 2.51. The average molecular weight is 412 g/mol.